The van der Waals surface area contributed by atoms with Crippen LogP contribution in [0.1, 0.15) is 21.8 Å². The van der Waals surface area contributed by atoms with Gasteiger partial charge in [-0.15, -0.1) is 0 Å². The van der Waals surface area contributed by atoms with Crippen LogP contribution in [0.15, 0.2) is 36.4 Å². The predicted octanol–water partition coefficient (Wildman–Crippen LogP) is 5.74. The first kappa shape index (κ1) is 16.6. The van der Waals surface area contributed by atoms with E-state index < -0.39 is 5.92 Å². The Hall–Kier alpha value is -0.800. The van der Waals surface area contributed by atoms with Gasteiger partial charge in [0.2, 0.25) is 0 Å². The molecule has 1 unspecified atom stereocenters. The van der Waals surface area contributed by atoms with Gasteiger partial charge in [-0.1, -0.05) is 40.9 Å². The van der Waals surface area contributed by atoms with Crippen molar-refractivity contribution in [1.29, 1.82) is 5.26 Å². The number of nitriles is 1. The number of carbonyl (C=O) groups is 1. The van der Waals surface area contributed by atoms with Gasteiger partial charge in [0.25, 0.3) is 0 Å². The molecule has 0 fully saturated rings. The molecule has 21 heavy (non-hydrogen) atoms. The summed E-state index contributed by atoms with van der Waals surface area (Å²) < 4.78 is 0.738. The molecule has 0 bridgehead atoms. The molecule has 0 aromatic heterocycles. The summed E-state index contributed by atoms with van der Waals surface area (Å²) >= 11 is 19.8. The molecular formula is C15H7Cl3INO. The molecule has 2 aromatic carbocycles. The van der Waals surface area contributed by atoms with Gasteiger partial charge in [0.15, 0.2) is 5.78 Å². The highest BCUT2D eigenvalue weighted by molar-refractivity contribution is 14.1. The summed E-state index contributed by atoms with van der Waals surface area (Å²) in [5.74, 6) is -1.27. The van der Waals surface area contributed by atoms with E-state index in [9.17, 15) is 10.1 Å². The van der Waals surface area contributed by atoms with E-state index in [1.807, 2.05) is 28.7 Å². The van der Waals surface area contributed by atoms with Crippen molar-refractivity contribution >= 4 is 63.2 Å². The van der Waals surface area contributed by atoms with Crippen LogP contribution < -0.4 is 0 Å². The minimum atomic E-state index is -0.952. The van der Waals surface area contributed by atoms with Crippen LogP contribution in [0, 0.1) is 14.9 Å². The zero-order valence-electron chi connectivity index (χ0n) is 10.4. The van der Waals surface area contributed by atoms with E-state index in [-0.39, 0.29) is 5.78 Å². The summed E-state index contributed by atoms with van der Waals surface area (Å²) in [6.45, 7) is 0. The second-order valence-electron chi connectivity index (χ2n) is 4.22. The Balaban J connectivity index is 2.46. The van der Waals surface area contributed by atoms with E-state index in [1.54, 1.807) is 30.3 Å². The molecule has 0 amide bonds. The highest BCUT2D eigenvalue weighted by Gasteiger charge is 2.24. The van der Waals surface area contributed by atoms with Crippen molar-refractivity contribution in [2.24, 2.45) is 0 Å². The lowest BCUT2D eigenvalue weighted by Gasteiger charge is -2.11. The molecule has 0 aliphatic carbocycles. The molecule has 0 radical (unpaired) electrons. The maximum Gasteiger partial charge on any atom is 0.185 e. The summed E-state index contributed by atoms with van der Waals surface area (Å²) in [7, 11) is 0. The van der Waals surface area contributed by atoms with Crippen LogP contribution in [0.4, 0.5) is 0 Å². The van der Waals surface area contributed by atoms with Crippen molar-refractivity contribution in [2.45, 2.75) is 5.92 Å². The van der Waals surface area contributed by atoms with Crippen molar-refractivity contribution in [1.82, 2.24) is 0 Å². The second-order valence-corrected chi connectivity index (χ2v) is 6.64. The first-order valence-corrected chi connectivity index (χ1v) is 7.99. The van der Waals surface area contributed by atoms with Crippen LogP contribution in [-0.2, 0) is 0 Å². The van der Waals surface area contributed by atoms with Crippen LogP contribution in [0.3, 0.4) is 0 Å². The summed E-state index contributed by atoms with van der Waals surface area (Å²) in [6.07, 6.45) is 0. The topological polar surface area (TPSA) is 40.9 Å². The lowest BCUT2D eigenvalue weighted by Crippen LogP contribution is -2.12. The maximum absolute atomic E-state index is 12.6. The Morgan fingerprint density at radius 2 is 1.81 bits per heavy atom. The van der Waals surface area contributed by atoms with Gasteiger partial charge in [-0.05, 0) is 58.5 Å². The Kier molecular flexibility index (Phi) is 5.50. The molecule has 0 spiro atoms. The molecule has 6 heteroatoms. The largest absolute Gasteiger partial charge is 0.292 e. The number of rotatable bonds is 3. The van der Waals surface area contributed by atoms with Crippen LogP contribution in [-0.4, -0.2) is 5.78 Å². The number of hydrogen-bond donors (Lipinski definition) is 0. The van der Waals surface area contributed by atoms with Gasteiger partial charge >= 0.3 is 0 Å². The Morgan fingerprint density at radius 3 is 2.43 bits per heavy atom. The third-order valence-electron chi connectivity index (χ3n) is 2.86. The summed E-state index contributed by atoms with van der Waals surface area (Å²) in [5, 5.41) is 10.5. The van der Waals surface area contributed by atoms with E-state index in [4.69, 9.17) is 34.8 Å². The molecule has 0 N–H and O–H groups in total. The van der Waals surface area contributed by atoms with Crippen LogP contribution >= 0.6 is 57.4 Å². The Labute approximate surface area is 150 Å². The third kappa shape index (κ3) is 3.70. The fraction of sp³-hybridized carbons (Fsp3) is 0.0667. The number of ketones is 1. The van der Waals surface area contributed by atoms with Crippen molar-refractivity contribution < 1.29 is 4.79 Å². The van der Waals surface area contributed by atoms with Gasteiger partial charge in [0.05, 0.1) is 16.1 Å². The fourth-order valence-electron chi connectivity index (χ4n) is 1.82. The molecule has 0 aliphatic heterocycles. The quantitative estimate of drug-likeness (QED) is 0.442. The number of benzene rings is 2. The average Bonchev–Trinajstić information content (AvgIpc) is 2.46. The zero-order valence-corrected chi connectivity index (χ0v) is 14.8. The highest BCUT2D eigenvalue weighted by Crippen LogP contribution is 2.30. The molecule has 0 saturated heterocycles. The number of Topliss-reactive ketones (excluding diaryl/α,β-unsaturated/α-hetero) is 1. The molecule has 2 nitrogen and oxygen atoms in total. The van der Waals surface area contributed by atoms with E-state index in [0.717, 1.165) is 3.57 Å². The fourth-order valence-corrected chi connectivity index (χ4v) is 2.90. The summed E-state index contributed by atoms with van der Waals surface area (Å²) in [5.41, 5.74) is 0.924. The molecule has 106 valence electrons. The maximum atomic E-state index is 12.6. The lowest BCUT2D eigenvalue weighted by atomic mass is 9.92. The van der Waals surface area contributed by atoms with Crippen molar-refractivity contribution in [3.63, 3.8) is 0 Å². The standard InChI is InChI=1S/C15H7Cl3INO/c16-9-2-4-14(19)10(6-9)15(21)11(7-20)8-1-3-12(17)13(18)5-8/h1-6,11H. The predicted molar refractivity (Wildman–Crippen MR) is 93.3 cm³/mol. The number of halogens is 4. The van der Waals surface area contributed by atoms with Gasteiger partial charge in [-0.2, -0.15) is 5.26 Å². The summed E-state index contributed by atoms with van der Waals surface area (Å²) in [6, 6.07) is 11.7. The van der Waals surface area contributed by atoms with Crippen molar-refractivity contribution in [3.8, 4) is 6.07 Å². The SMILES string of the molecule is N#CC(C(=O)c1cc(Cl)ccc1I)c1ccc(Cl)c(Cl)c1. The molecule has 0 saturated carbocycles. The van der Waals surface area contributed by atoms with Gasteiger partial charge in [-0.25, -0.2) is 0 Å². The van der Waals surface area contributed by atoms with Crippen LogP contribution in [0.25, 0.3) is 0 Å². The van der Waals surface area contributed by atoms with Crippen LogP contribution in [0.2, 0.25) is 15.1 Å². The third-order valence-corrected chi connectivity index (χ3v) is 4.78. The van der Waals surface area contributed by atoms with E-state index >= 15 is 0 Å². The van der Waals surface area contributed by atoms with Crippen LogP contribution in [0.5, 0.6) is 0 Å². The number of nitrogens with zero attached hydrogens (tertiary/aromatic N) is 1. The van der Waals surface area contributed by atoms with Gasteiger partial charge in [0.1, 0.15) is 5.92 Å². The van der Waals surface area contributed by atoms with Crippen molar-refractivity contribution in [2.75, 3.05) is 0 Å². The van der Waals surface area contributed by atoms with Gasteiger partial charge < -0.3 is 0 Å². The second kappa shape index (κ2) is 6.97. The first-order valence-electron chi connectivity index (χ1n) is 5.78. The molecule has 1 atom stereocenters. The molecular weight excluding hydrogens is 443 g/mol. The lowest BCUT2D eigenvalue weighted by molar-refractivity contribution is 0.0978. The Bertz CT molecular complexity index is 755. The van der Waals surface area contributed by atoms with Gasteiger partial charge in [-0.3, -0.25) is 4.79 Å². The smallest absolute Gasteiger partial charge is 0.185 e. The van der Waals surface area contributed by atoms with Gasteiger partial charge in [0, 0.05) is 14.2 Å². The Morgan fingerprint density at radius 1 is 1.10 bits per heavy atom. The first-order chi connectivity index (χ1) is 9.93. The van der Waals surface area contributed by atoms with E-state index in [1.165, 1.54) is 6.07 Å². The minimum absolute atomic E-state index is 0.308. The normalized spacial score (nSPS) is 11.8. The molecule has 2 aromatic rings. The number of hydrogen-bond acceptors (Lipinski definition) is 2. The monoisotopic (exact) mass is 449 g/mol. The van der Waals surface area contributed by atoms with E-state index in [2.05, 4.69) is 0 Å². The van der Waals surface area contributed by atoms with E-state index in [0.29, 0.717) is 26.2 Å². The minimum Gasteiger partial charge on any atom is -0.292 e. The molecule has 0 aliphatic rings. The summed E-state index contributed by atoms with van der Waals surface area (Å²) in [4.78, 5) is 12.6. The zero-order chi connectivity index (χ0) is 15.6. The highest BCUT2D eigenvalue weighted by atomic mass is 127. The number of carbonyl (C=O) groups excluding carboxylic acids is 1. The average molecular weight is 450 g/mol. The molecule has 0 heterocycles. The molecule has 2 rings (SSSR count). The van der Waals surface area contributed by atoms with Crippen molar-refractivity contribution in [3.05, 3.63) is 66.2 Å².